The number of carbonyl (C=O) groups excluding carboxylic acids is 1. The summed E-state index contributed by atoms with van der Waals surface area (Å²) in [6.07, 6.45) is 4.38. The lowest BCUT2D eigenvalue weighted by atomic mass is 9.43. The van der Waals surface area contributed by atoms with Crippen LogP contribution in [0, 0.1) is 23.2 Å². The second-order valence-electron chi connectivity index (χ2n) is 9.24. The molecule has 4 fully saturated rings. The van der Waals surface area contributed by atoms with E-state index in [2.05, 4.69) is 0 Å². The van der Waals surface area contributed by atoms with Crippen molar-refractivity contribution in [1.29, 1.82) is 0 Å². The molecule has 4 heteroatoms. The number of aliphatic hydroxyl groups is 1. The summed E-state index contributed by atoms with van der Waals surface area (Å²) < 4.78 is 11.1. The Hall–Kier alpha value is -2.33. The first kappa shape index (κ1) is 18.7. The summed E-state index contributed by atoms with van der Waals surface area (Å²) in [6, 6.07) is 18.0. The lowest BCUT2D eigenvalue weighted by Crippen LogP contribution is -2.61. The molecule has 4 aliphatic carbocycles. The van der Waals surface area contributed by atoms with Crippen molar-refractivity contribution in [1.82, 2.24) is 0 Å². The molecule has 152 valence electrons. The van der Waals surface area contributed by atoms with Gasteiger partial charge in [0.05, 0.1) is 18.1 Å². The Bertz CT molecular complexity index is 873. The Kier molecular flexibility index (Phi) is 4.43. The predicted octanol–water partition coefficient (Wildman–Crippen LogP) is 4.45. The molecule has 4 nitrogen and oxygen atoms in total. The van der Waals surface area contributed by atoms with Crippen LogP contribution in [0.3, 0.4) is 0 Å². The van der Waals surface area contributed by atoms with Crippen LogP contribution in [0.2, 0.25) is 0 Å². The highest BCUT2D eigenvalue weighted by molar-refractivity contribution is 5.77. The molecule has 6 rings (SSSR count). The van der Waals surface area contributed by atoms with Crippen LogP contribution in [0.4, 0.5) is 0 Å². The normalized spacial score (nSPS) is 34.8. The molecule has 29 heavy (non-hydrogen) atoms. The zero-order chi connectivity index (χ0) is 20.1. The smallest absolute Gasteiger partial charge is 0.311 e. The van der Waals surface area contributed by atoms with Crippen molar-refractivity contribution in [2.24, 2.45) is 23.2 Å². The first-order valence-corrected chi connectivity index (χ1v) is 10.6. The Balaban J connectivity index is 1.35. The molecule has 4 bridgehead atoms. The summed E-state index contributed by atoms with van der Waals surface area (Å²) in [6.45, 7) is 0.527. The van der Waals surface area contributed by atoms with Gasteiger partial charge in [0.15, 0.2) is 0 Å². The summed E-state index contributed by atoms with van der Waals surface area (Å²) in [5.74, 6) is 1.48. The number of esters is 1. The van der Waals surface area contributed by atoms with Gasteiger partial charge in [-0.3, -0.25) is 4.79 Å². The van der Waals surface area contributed by atoms with Gasteiger partial charge in [-0.25, -0.2) is 0 Å². The van der Waals surface area contributed by atoms with Crippen LogP contribution in [0.25, 0.3) is 0 Å². The highest BCUT2D eigenvalue weighted by Gasteiger charge is 2.64. The topological polar surface area (TPSA) is 55.8 Å². The first-order valence-electron chi connectivity index (χ1n) is 10.6. The SMILES string of the molecule is COC(=O)C12CC3CC(C1)C(O)(c1ccc(OCc4ccccc4)cc1)C(C3)C2. The number of benzene rings is 2. The monoisotopic (exact) mass is 392 g/mol. The number of hydrogen-bond donors (Lipinski definition) is 1. The number of ether oxygens (including phenoxy) is 2. The lowest BCUT2D eigenvalue weighted by molar-refractivity contribution is -0.217. The van der Waals surface area contributed by atoms with Gasteiger partial charge in [0.2, 0.25) is 0 Å². The fraction of sp³-hybridized carbons (Fsp3) is 0.480. The molecule has 4 aliphatic rings. The maximum atomic E-state index is 12.5. The van der Waals surface area contributed by atoms with Crippen LogP contribution in [-0.2, 0) is 21.7 Å². The Morgan fingerprint density at radius 2 is 1.66 bits per heavy atom. The van der Waals surface area contributed by atoms with E-state index in [-0.39, 0.29) is 23.2 Å². The van der Waals surface area contributed by atoms with Crippen molar-refractivity contribution in [3.05, 3.63) is 65.7 Å². The van der Waals surface area contributed by atoms with Gasteiger partial charge >= 0.3 is 5.97 Å². The van der Waals surface area contributed by atoms with E-state index in [4.69, 9.17) is 9.47 Å². The standard InChI is InChI=1S/C25H28O4/c1-28-23(26)24-13-18-11-20(14-24)25(27,21(12-18)15-24)19-7-9-22(10-8-19)29-16-17-5-3-2-4-6-17/h2-10,18,20-21,27H,11-16H2,1H3. The number of carbonyl (C=O) groups is 1. The number of rotatable bonds is 5. The molecular weight excluding hydrogens is 364 g/mol. The minimum Gasteiger partial charge on any atom is -0.489 e. The van der Waals surface area contributed by atoms with Crippen LogP contribution in [0.15, 0.2) is 54.6 Å². The molecule has 0 amide bonds. The highest BCUT2D eigenvalue weighted by Crippen LogP contribution is 2.66. The van der Waals surface area contributed by atoms with E-state index in [1.54, 1.807) is 0 Å². The van der Waals surface area contributed by atoms with Crippen molar-refractivity contribution in [2.75, 3.05) is 7.11 Å². The third-order valence-electron chi connectivity index (χ3n) is 7.62. The largest absolute Gasteiger partial charge is 0.489 e. The quantitative estimate of drug-likeness (QED) is 0.764. The van der Waals surface area contributed by atoms with E-state index in [0.717, 1.165) is 49.0 Å². The molecular formula is C25H28O4. The molecule has 2 atom stereocenters. The van der Waals surface area contributed by atoms with E-state index in [1.807, 2.05) is 54.6 Å². The maximum absolute atomic E-state index is 12.5. The van der Waals surface area contributed by atoms with E-state index in [0.29, 0.717) is 12.5 Å². The second-order valence-corrected chi connectivity index (χ2v) is 9.24. The fourth-order valence-electron chi connectivity index (χ4n) is 6.48. The zero-order valence-electron chi connectivity index (χ0n) is 16.8. The van der Waals surface area contributed by atoms with E-state index in [1.165, 1.54) is 7.11 Å². The van der Waals surface area contributed by atoms with Crippen molar-refractivity contribution in [2.45, 2.75) is 44.3 Å². The van der Waals surface area contributed by atoms with E-state index >= 15 is 0 Å². The van der Waals surface area contributed by atoms with Crippen LogP contribution in [-0.4, -0.2) is 18.2 Å². The van der Waals surface area contributed by atoms with Gasteiger partial charge in [0.1, 0.15) is 12.4 Å². The summed E-state index contributed by atoms with van der Waals surface area (Å²) in [5, 5.41) is 11.8. The highest BCUT2D eigenvalue weighted by atomic mass is 16.5. The minimum absolute atomic E-state index is 0.0800. The van der Waals surface area contributed by atoms with Gasteiger partial charge in [0.25, 0.3) is 0 Å². The molecule has 2 aromatic rings. The van der Waals surface area contributed by atoms with Gasteiger partial charge in [0, 0.05) is 0 Å². The van der Waals surface area contributed by atoms with Crippen molar-refractivity contribution in [3.8, 4) is 5.75 Å². The average molecular weight is 392 g/mol. The predicted molar refractivity (Wildman–Crippen MR) is 109 cm³/mol. The summed E-state index contributed by atoms with van der Waals surface area (Å²) >= 11 is 0. The van der Waals surface area contributed by atoms with Gasteiger partial charge in [-0.05, 0) is 73.1 Å². The van der Waals surface area contributed by atoms with Gasteiger partial charge in [-0.2, -0.15) is 0 Å². The van der Waals surface area contributed by atoms with E-state index in [9.17, 15) is 9.90 Å². The molecule has 0 heterocycles. The van der Waals surface area contributed by atoms with Gasteiger partial charge < -0.3 is 14.6 Å². The molecule has 2 unspecified atom stereocenters. The lowest BCUT2D eigenvalue weighted by Gasteiger charge is -2.62. The zero-order valence-corrected chi connectivity index (χ0v) is 16.8. The Morgan fingerprint density at radius 3 is 2.28 bits per heavy atom. The molecule has 0 saturated heterocycles. The molecule has 0 aromatic heterocycles. The third kappa shape index (κ3) is 2.96. The summed E-state index contributed by atoms with van der Waals surface area (Å²) in [4.78, 5) is 12.5. The molecule has 4 saturated carbocycles. The first-order chi connectivity index (χ1) is 14.0. The number of methoxy groups -OCH3 is 1. The summed E-state index contributed by atoms with van der Waals surface area (Å²) in [7, 11) is 1.49. The molecule has 2 aromatic carbocycles. The van der Waals surface area contributed by atoms with E-state index < -0.39 is 5.60 Å². The van der Waals surface area contributed by atoms with Gasteiger partial charge in [-0.15, -0.1) is 0 Å². The molecule has 0 spiro atoms. The van der Waals surface area contributed by atoms with Crippen LogP contribution in [0.1, 0.15) is 43.2 Å². The van der Waals surface area contributed by atoms with Crippen LogP contribution < -0.4 is 4.74 Å². The van der Waals surface area contributed by atoms with Crippen molar-refractivity contribution >= 4 is 5.97 Å². The van der Waals surface area contributed by atoms with Crippen LogP contribution >= 0.6 is 0 Å². The Morgan fingerprint density at radius 1 is 1.00 bits per heavy atom. The minimum atomic E-state index is -0.855. The fourth-order valence-corrected chi connectivity index (χ4v) is 6.48. The number of hydrogen-bond acceptors (Lipinski definition) is 4. The maximum Gasteiger partial charge on any atom is 0.311 e. The molecule has 1 N–H and O–H groups in total. The Labute approximate surface area is 171 Å². The van der Waals surface area contributed by atoms with Gasteiger partial charge in [-0.1, -0.05) is 42.5 Å². The second kappa shape index (κ2) is 6.88. The molecule has 0 radical (unpaired) electrons. The van der Waals surface area contributed by atoms with Crippen molar-refractivity contribution < 1.29 is 19.4 Å². The molecule has 0 aliphatic heterocycles. The third-order valence-corrected chi connectivity index (χ3v) is 7.62. The average Bonchev–Trinajstić information content (AvgIpc) is 2.76. The summed E-state index contributed by atoms with van der Waals surface area (Å²) in [5.41, 5.74) is 0.852. The van der Waals surface area contributed by atoms with Crippen LogP contribution in [0.5, 0.6) is 5.75 Å². The van der Waals surface area contributed by atoms with Crippen molar-refractivity contribution in [3.63, 3.8) is 0 Å².